The number of imidazole rings is 1. The van der Waals surface area contributed by atoms with Gasteiger partial charge in [-0.2, -0.15) is 8.42 Å². The second-order valence-electron chi connectivity index (χ2n) is 7.70. The van der Waals surface area contributed by atoms with Gasteiger partial charge >= 0.3 is 0 Å². The van der Waals surface area contributed by atoms with Crippen LogP contribution in [0.15, 0.2) is 43.0 Å². The van der Waals surface area contributed by atoms with E-state index in [1.54, 1.807) is 59.0 Å². The highest BCUT2D eigenvalue weighted by Gasteiger charge is 2.33. The fraction of sp³-hybridized carbons (Fsp3) is 0.350. The van der Waals surface area contributed by atoms with Gasteiger partial charge in [0.1, 0.15) is 28.7 Å². The van der Waals surface area contributed by atoms with Crippen molar-refractivity contribution in [2.75, 3.05) is 12.4 Å². The number of fused-ring (bicyclic) bond motifs is 1. The molecule has 12 heteroatoms. The van der Waals surface area contributed by atoms with E-state index in [1.807, 2.05) is 4.40 Å². The van der Waals surface area contributed by atoms with Gasteiger partial charge in [0.15, 0.2) is 0 Å². The van der Waals surface area contributed by atoms with Crippen molar-refractivity contribution in [3.05, 3.63) is 59.3 Å². The molecular formula is C20H21N5O5S2. The topological polar surface area (TPSA) is 132 Å². The Bertz CT molecular complexity index is 1340. The fourth-order valence-electron chi connectivity index (χ4n) is 3.52. The van der Waals surface area contributed by atoms with Gasteiger partial charge in [0, 0.05) is 4.88 Å². The zero-order valence-electron chi connectivity index (χ0n) is 16.9. The molecule has 1 saturated carbocycles. The summed E-state index contributed by atoms with van der Waals surface area (Å²) in [5.74, 6) is 0.719. The number of hydrogen-bond acceptors (Lipinski definition) is 8. The molecule has 1 aromatic carbocycles. The monoisotopic (exact) mass is 475 g/mol. The van der Waals surface area contributed by atoms with Crippen LogP contribution in [-0.2, 0) is 10.1 Å². The van der Waals surface area contributed by atoms with Gasteiger partial charge in [-0.05, 0) is 49.4 Å². The van der Waals surface area contributed by atoms with E-state index in [1.165, 1.54) is 4.88 Å². The van der Waals surface area contributed by atoms with Crippen molar-refractivity contribution >= 4 is 26.3 Å². The van der Waals surface area contributed by atoms with Crippen LogP contribution in [0.5, 0.6) is 5.75 Å². The van der Waals surface area contributed by atoms with Crippen molar-refractivity contribution in [2.24, 2.45) is 0 Å². The summed E-state index contributed by atoms with van der Waals surface area (Å²) in [5.41, 5.74) is 2.00. The highest BCUT2D eigenvalue weighted by atomic mass is 32.2. The third-order valence-corrected chi connectivity index (χ3v) is 7.32. The van der Waals surface area contributed by atoms with Gasteiger partial charge in [0.25, 0.3) is 10.1 Å². The number of thiazole rings is 1. The zero-order chi connectivity index (χ0) is 22.3. The average Bonchev–Trinajstić information content (AvgIpc) is 3.16. The molecule has 0 radical (unpaired) electrons. The van der Waals surface area contributed by atoms with Crippen molar-refractivity contribution in [2.45, 2.75) is 31.3 Å². The first kappa shape index (κ1) is 21.1. The van der Waals surface area contributed by atoms with Crippen LogP contribution in [0.3, 0.4) is 0 Å². The first-order chi connectivity index (χ1) is 15.4. The molecule has 10 nitrogen and oxygen atoms in total. The number of nitrogens with zero attached hydrogens (tertiary/aromatic N) is 5. The lowest BCUT2D eigenvalue weighted by molar-refractivity contribution is 0.208. The van der Waals surface area contributed by atoms with Crippen LogP contribution in [0.25, 0.3) is 10.5 Å². The third-order valence-electron chi connectivity index (χ3n) is 5.25. The lowest BCUT2D eigenvalue weighted by Crippen LogP contribution is -2.08. The molecule has 4 aromatic rings. The molecule has 5 rings (SSSR count). The van der Waals surface area contributed by atoms with Crippen LogP contribution >= 0.6 is 11.3 Å². The molecule has 1 unspecified atom stereocenters. The number of aliphatic hydroxyl groups excluding tert-OH is 1. The highest BCUT2D eigenvalue weighted by molar-refractivity contribution is 7.85. The largest absolute Gasteiger partial charge is 0.494 e. The summed E-state index contributed by atoms with van der Waals surface area (Å²) in [7, 11) is -3.98. The molecule has 1 atom stereocenters. The predicted octanol–water partition coefficient (Wildman–Crippen LogP) is 2.59. The highest BCUT2D eigenvalue weighted by Crippen LogP contribution is 2.47. The van der Waals surface area contributed by atoms with Crippen LogP contribution in [0.2, 0.25) is 0 Å². The first-order valence-electron chi connectivity index (χ1n) is 10.1. The van der Waals surface area contributed by atoms with Crippen LogP contribution in [0.1, 0.15) is 47.5 Å². The number of aliphatic hydroxyl groups is 1. The first-order valence-corrected chi connectivity index (χ1v) is 12.5. The van der Waals surface area contributed by atoms with Crippen LogP contribution in [-0.4, -0.2) is 54.8 Å². The standard InChI is InChI=1S/C20H21N5O5S2/c26-19(18-20(13-2-3-13)31-17-10-21-12-24(17)18)16-11-25(23-22-16)14-4-6-15(7-5-14)30-8-1-9-32(27,28)29/h4-7,10-13,19,26H,1-3,8-9H2,(H,27,28,29). The minimum atomic E-state index is -3.98. The van der Waals surface area contributed by atoms with Gasteiger partial charge in [0.2, 0.25) is 0 Å². The molecule has 2 N–H and O–H groups in total. The molecular weight excluding hydrogens is 454 g/mol. The molecule has 32 heavy (non-hydrogen) atoms. The fourth-order valence-corrected chi connectivity index (χ4v) is 5.30. The quantitative estimate of drug-likeness (QED) is 0.279. The van der Waals surface area contributed by atoms with E-state index in [-0.39, 0.29) is 18.8 Å². The van der Waals surface area contributed by atoms with E-state index < -0.39 is 16.2 Å². The average molecular weight is 476 g/mol. The molecule has 0 aliphatic heterocycles. The summed E-state index contributed by atoms with van der Waals surface area (Å²) in [6.45, 7) is 0.172. The van der Waals surface area contributed by atoms with E-state index >= 15 is 0 Å². The number of ether oxygens (including phenoxy) is 1. The Balaban J connectivity index is 1.30. The molecule has 3 heterocycles. The number of hydrogen-bond donors (Lipinski definition) is 2. The van der Waals surface area contributed by atoms with Crippen LogP contribution < -0.4 is 4.74 Å². The Morgan fingerprint density at radius 1 is 1.25 bits per heavy atom. The van der Waals surface area contributed by atoms with Gasteiger partial charge in [0.05, 0.1) is 36.1 Å². The van der Waals surface area contributed by atoms with Crippen molar-refractivity contribution < 1.29 is 22.8 Å². The maximum atomic E-state index is 11.1. The van der Waals surface area contributed by atoms with Crippen LogP contribution in [0.4, 0.5) is 0 Å². The summed E-state index contributed by atoms with van der Waals surface area (Å²) in [5, 5.41) is 19.4. The van der Waals surface area contributed by atoms with Crippen molar-refractivity contribution in [3.8, 4) is 11.4 Å². The smallest absolute Gasteiger partial charge is 0.264 e. The molecule has 168 valence electrons. The Hall–Kier alpha value is -2.80. The van der Waals surface area contributed by atoms with Crippen molar-refractivity contribution in [1.29, 1.82) is 0 Å². The van der Waals surface area contributed by atoms with Crippen molar-refractivity contribution in [3.63, 3.8) is 0 Å². The predicted molar refractivity (Wildman–Crippen MR) is 117 cm³/mol. The number of benzene rings is 1. The lowest BCUT2D eigenvalue weighted by Gasteiger charge is -2.09. The summed E-state index contributed by atoms with van der Waals surface area (Å²) in [6.07, 6.45) is 6.77. The second-order valence-corrected chi connectivity index (χ2v) is 10.3. The minimum Gasteiger partial charge on any atom is -0.494 e. The summed E-state index contributed by atoms with van der Waals surface area (Å²) < 4.78 is 39.2. The van der Waals surface area contributed by atoms with E-state index in [4.69, 9.17) is 9.29 Å². The second kappa shape index (κ2) is 8.28. The summed E-state index contributed by atoms with van der Waals surface area (Å²) in [6, 6.07) is 7.05. The van der Waals surface area contributed by atoms with Gasteiger partial charge in [-0.3, -0.25) is 8.95 Å². The normalized spacial score (nSPS) is 15.3. The maximum Gasteiger partial charge on any atom is 0.264 e. The Labute approximate surface area is 187 Å². The van der Waals surface area contributed by atoms with Gasteiger partial charge in [-0.25, -0.2) is 9.67 Å². The van der Waals surface area contributed by atoms with E-state index in [9.17, 15) is 13.5 Å². The van der Waals surface area contributed by atoms with E-state index in [0.717, 1.165) is 29.1 Å². The van der Waals surface area contributed by atoms with Gasteiger partial charge in [-0.15, -0.1) is 16.4 Å². The Morgan fingerprint density at radius 3 is 2.75 bits per heavy atom. The summed E-state index contributed by atoms with van der Waals surface area (Å²) >= 11 is 1.66. The van der Waals surface area contributed by atoms with E-state index in [0.29, 0.717) is 17.4 Å². The van der Waals surface area contributed by atoms with Crippen molar-refractivity contribution in [1.82, 2.24) is 24.4 Å². The molecule has 3 aromatic heterocycles. The van der Waals surface area contributed by atoms with E-state index in [2.05, 4.69) is 15.3 Å². The minimum absolute atomic E-state index is 0.172. The van der Waals surface area contributed by atoms with Gasteiger partial charge < -0.3 is 9.84 Å². The Kier molecular flexibility index (Phi) is 5.45. The molecule has 1 aliphatic rings. The third kappa shape index (κ3) is 4.39. The zero-order valence-corrected chi connectivity index (χ0v) is 18.5. The lowest BCUT2D eigenvalue weighted by atomic mass is 10.1. The molecule has 1 fully saturated rings. The van der Waals surface area contributed by atoms with Crippen LogP contribution in [0, 0.1) is 0 Å². The molecule has 1 aliphatic carbocycles. The molecule has 0 saturated heterocycles. The number of rotatable bonds is 9. The molecule has 0 spiro atoms. The van der Waals surface area contributed by atoms with Gasteiger partial charge in [-0.1, -0.05) is 5.21 Å². The molecule has 0 amide bonds. The Morgan fingerprint density at radius 2 is 2.03 bits per heavy atom. The number of aromatic nitrogens is 5. The molecule has 0 bridgehead atoms. The SMILES string of the molecule is O=S(=O)(O)CCCOc1ccc(-n2cc(C(O)c3c(C4CC4)sc4cncn34)nn2)cc1. The summed E-state index contributed by atoms with van der Waals surface area (Å²) in [4.78, 5) is 6.37. The maximum absolute atomic E-state index is 11.1.